The fourth-order valence-electron chi connectivity index (χ4n) is 3.15. The first-order valence-electron chi connectivity index (χ1n) is 9.99. The fraction of sp³-hybridized carbons (Fsp3) is 0.391. The summed E-state index contributed by atoms with van der Waals surface area (Å²) in [5.74, 6) is 3.37. The summed E-state index contributed by atoms with van der Waals surface area (Å²) >= 11 is 2.05. The molecule has 1 aromatic heterocycles. The van der Waals surface area contributed by atoms with Gasteiger partial charge in [0.05, 0.1) is 5.52 Å². The van der Waals surface area contributed by atoms with Gasteiger partial charge in [0.15, 0.2) is 0 Å². The lowest BCUT2D eigenvalue weighted by Gasteiger charge is -2.08. The van der Waals surface area contributed by atoms with Crippen molar-refractivity contribution in [3.63, 3.8) is 0 Å². The van der Waals surface area contributed by atoms with Crippen LogP contribution in [0.5, 0.6) is 0 Å². The monoisotopic (exact) mass is 379 g/mol. The third kappa shape index (κ3) is 6.87. The van der Waals surface area contributed by atoms with Crippen LogP contribution in [0.2, 0.25) is 0 Å². The number of hydrogen-bond donors (Lipinski definition) is 1. The second-order valence-electron chi connectivity index (χ2n) is 6.83. The molecule has 0 radical (unpaired) electrons. The minimum absolute atomic E-state index is 0.955. The summed E-state index contributed by atoms with van der Waals surface area (Å²) < 4.78 is 0. The molecule has 0 saturated heterocycles. The maximum atomic E-state index is 4.38. The molecule has 0 amide bonds. The van der Waals surface area contributed by atoms with Gasteiger partial charge in [-0.3, -0.25) is 0 Å². The Labute approximate surface area is 167 Å². The van der Waals surface area contributed by atoms with E-state index < -0.39 is 0 Å². The molecule has 1 N–H and O–H groups in total. The molecule has 27 heavy (non-hydrogen) atoms. The number of thioether (sulfide) groups is 1. The lowest BCUT2D eigenvalue weighted by atomic mass is 10.1. The van der Waals surface area contributed by atoms with E-state index in [0.29, 0.717) is 0 Å². The van der Waals surface area contributed by atoms with Gasteiger partial charge in [-0.1, -0.05) is 68.1 Å². The first-order chi connectivity index (χ1) is 13.4. The zero-order valence-corrected chi connectivity index (χ0v) is 16.8. The zero-order chi connectivity index (χ0) is 18.6. The van der Waals surface area contributed by atoms with Gasteiger partial charge in [-0.15, -0.1) is 0 Å². The van der Waals surface area contributed by atoms with E-state index in [4.69, 9.17) is 0 Å². The Morgan fingerprint density at radius 1 is 0.741 bits per heavy atom. The average molecular weight is 380 g/mol. The minimum Gasteiger partial charge on any atom is -0.369 e. The van der Waals surface area contributed by atoms with Gasteiger partial charge in [-0.2, -0.15) is 11.8 Å². The van der Waals surface area contributed by atoms with E-state index in [2.05, 4.69) is 63.4 Å². The van der Waals surface area contributed by atoms with Gasteiger partial charge in [0.2, 0.25) is 0 Å². The van der Waals surface area contributed by atoms with Gasteiger partial charge in [0.25, 0.3) is 0 Å². The zero-order valence-electron chi connectivity index (χ0n) is 15.9. The van der Waals surface area contributed by atoms with Crippen molar-refractivity contribution in [1.82, 2.24) is 9.97 Å². The molecule has 142 valence electrons. The summed E-state index contributed by atoms with van der Waals surface area (Å²) in [6.07, 6.45) is 9.49. The molecule has 0 aliphatic rings. The number of unbranched alkanes of at least 4 members (excludes halogenated alkanes) is 5. The smallest absolute Gasteiger partial charge is 0.137 e. The van der Waals surface area contributed by atoms with Crippen molar-refractivity contribution in [2.45, 2.75) is 44.3 Å². The lowest BCUT2D eigenvalue weighted by molar-refractivity contribution is 0.619. The summed E-state index contributed by atoms with van der Waals surface area (Å²) in [6, 6.07) is 18.9. The van der Waals surface area contributed by atoms with Crippen LogP contribution in [0.25, 0.3) is 10.9 Å². The van der Waals surface area contributed by atoms with Crippen LogP contribution in [-0.2, 0) is 5.75 Å². The SMILES string of the molecule is c1ccc(CSCCCCCCCCNc2ncnc3ccccc23)cc1. The molecular weight excluding hydrogens is 350 g/mol. The summed E-state index contributed by atoms with van der Waals surface area (Å²) in [5, 5.41) is 4.57. The molecule has 0 bridgehead atoms. The number of rotatable bonds is 12. The van der Waals surface area contributed by atoms with Crippen LogP contribution in [-0.4, -0.2) is 22.3 Å². The molecule has 0 atom stereocenters. The predicted octanol–water partition coefficient (Wildman–Crippen LogP) is 6.32. The number of nitrogens with one attached hydrogen (secondary N) is 1. The van der Waals surface area contributed by atoms with Crippen LogP contribution in [0.3, 0.4) is 0 Å². The van der Waals surface area contributed by atoms with Crippen LogP contribution >= 0.6 is 11.8 Å². The predicted molar refractivity (Wildman–Crippen MR) is 118 cm³/mol. The third-order valence-electron chi connectivity index (χ3n) is 4.66. The Balaban J connectivity index is 1.19. The highest BCUT2D eigenvalue weighted by atomic mass is 32.2. The number of nitrogens with zero attached hydrogens (tertiary/aromatic N) is 2. The van der Waals surface area contributed by atoms with Crippen molar-refractivity contribution in [2.75, 3.05) is 17.6 Å². The highest BCUT2D eigenvalue weighted by Crippen LogP contribution is 2.18. The summed E-state index contributed by atoms with van der Waals surface area (Å²) in [4.78, 5) is 8.69. The Morgan fingerprint density at radius 2 is 1.48 bits per heavy atom. The summed E-state index contributed by atoms with van der Waals surface area (Å²) in [6.45, 7) is 0.980. The molecular formula is C23H29N3S. The van der Waals surface area contributed by atoms with Gasteiger partial charge in [-0.25, -0.2) is 9.97 Å². The van der Waals surface area contributed by atoms with E-state index in [9.17, 15) is 0 Å². The molecule has 0 aliphatic carbocycles. The Hall–Kier alpha value is -2.07. The van der Waals surface area contributed by atoms with E-state index in [1.165, 1.54) is 49.8 Å². The summed E-state index contributed by atoms with van der Waals surface area (Å²) in [5.41, 5.74) is 2.44. The van der Waals surface area contributed by atoms with Gasteiger partial charge in [0.1, 0.15) is 12.1 Å². The van der Waals surface area contributed by atoms with Crippen LogP contribution in [0.15, 0.2) is 60.9 Å². The van der Waals surface area contributed by atoms with Crippen LogP contribution in [0, 0.1) is 0 Å². The van der Waals surface area contributed by atoms with Crippen LogP contribution in [0.4, 0.5) is 5.82 Å². The molecule has 4 heteroatoms. The largest absolute Gasteiger partial charge is 0.369 e. The molecule has 0 spiro atoms. The normalized spacial score (nSPS) is 11.0. The van der Waals surface area contributed by atoms with Crippen LogP contribution < -0.4 is 5.32 Å². The Bertz CT molecular complexity index is 786. The average Bonchev–Trinajstić information content (AvgIpc) is 2.73. The maximum absolute atomic E-state index is 4.38. The lowest BCUT2D eigenvalue weighted by Crippen LogP contribution is -2.04. The molecule has 3 nitrogen and oxygen atoms in total. The second-order valence-corrected chi connectivity index (χ2v) is 7.93. The van der Waals surface area contributed by atoms with Crippen molar-refractivity contribution in [1.29, 1.82) is 0 Å². The van der Waals surface area contributed by atoms with E-state index in [-0.39, 0.29) is 0 Å². The van der Waals surface area contributed by atoms with Crippen molar-refractivity contribution in [3.8, 4) is 0 Å². The van der Waals surface area contributed by atoms with E-state index >= 15 is 0 Å². The first kappa shape index (κ1) is 19.7. The molecule has 0 aliphatic heterocycles. The molecule has 1 heterocycles. The number of hydrogen-bond acceptors (Lipinski definition) is 4. The Kier molecular flexibility index (Phi) is 8.46. The van der Waals surface area contributed by atoms with Crippen molar-refractivity contribution in [3.05, 3.63) is 66.5 Å². The van der Waals surface area contributed by atoms with E-state index in [0.717, 1.165) is 29.0 Å². The molecule has 0 fully saturated rings. The number of fused-ring (bicyclic) bond motifs is 1. The van der Waals surface area contributed by atoms with Crippen LogP contribution in [0.1, 0.15) is 44.1 Å². The van der Waals surface area contributed by atoms with Crippen molar-refractivity contribution >= 4 is 28.5 Å². The van der Waals surface area contributed by atoms with E-state index in [1.54, 1.807) is 6.33 Å². The number of anilines is 1. The highest BCUT2D eigenvalue weighted by molar-refractivity contribution is 7.98. The number of benzene rings is 2. The van der Waals surface area contributed by atoms with Gasteiger partial charge >= 0.3 is 0 Å². The number of para-hydroxylation sites is 1. The third-order valence-corrected chi connectivity index (χ3v) is 5.78. The van der Waals surface area contributed by atoms with Crippen molar-refractivity contribution < 1.29 is 0 Å². The quantitative estimate of drug-likeness (QED) is 0.374. The first-order valence-corrected chi connectivity index (χ1v) is 11.1. The molecule has 2 aromatic carbocycles. The van der Waals surface area contributed by atoms with Gasteiger partial charge in [-0.05, 0) is 36.3 Å². The molecule has 3 rings (SSSR count). The summed E-state index contributed by atoms with van der Waals surface area (Å²) in [7, 11) is 0. The van der Waals surface area contributed by atoms with Gasteiger partial charge < -0.3 is 5.32 Å². The standard InChI is InChI=1S/C23H29N3S/c1(2-4-11-17-27-18-20-12-6-5-7-13-20)3-10-16-24-23-21-14-8-9-15-22(21)25-19-26-23/h5-9,12-15,19H,1-4,10-11,16-18H2,(H,24,25,26). The molecule has 3 aromatic rings. The number of aromatic nitrogens is 2. The topological polar surface area (TPSA) is 37.8 Å². The Morgan fingerprint density at radius 3 is 2.37 bits per heavy atom. The van der Waals surface area contributed by atoms with Crippen molar-refractivity contribution in [2.24, 2.45) is 0 Å². The minimum atomic E-state index is 0.955. The fourth-order valence-corrected chi connectivity index (χ4v) is 4.13. The van der Waals surface area contributed by atoms with E-state index in [1.807, 2.05) is 18.2 Å². The maximum Gasteiger partial charge on any atom is 0.137 e. The molecule has 0 saturated carbocycles. The second kappa shape index (κ2) is 11.6. The highest BCUT2D eigenvalue weighted by Gasteiger charge is 2.01. The van der Waals surface area contributed by atoms with Gasteiger partial charge in [0, 0.05) is 17.7 Å². The molecule has 0 unspecified atom stereocenters.